The van der Waals surface area contributed by atoms with Crippen molar-refractivity contribution in [2.75, 3.05) is 26.2 Å². The van der Waals surface area contributed by atoms with Crippen molar-refractivity contribution in [2.45, 2.75) is 55.7 Å². The minimum atomic E-state index is -0.261. The Morgan fingerprint density at radius 2 is 2.03 bits per heavy atom. The van der Waals surface area contributed by atoms with Crippen LogP contribution in [-0.4, -0.2) is 63.2 Å². The van der Waals surface area contributed by atoms with Crippen molar-refractivity contribution in [1.82, 2.24) is 25.0 Å². The zero-order chi connectivity index (χ0) is 20.1. The summed E-state index contributed by atoms with van der Waals surface area (Å²) in [6.45, 7) is 6.28. The van der Waals surface area contributed by atoms with Crippen LogP contribution in [0.1, 0.15) is 38.4 Å². The number of rotatable bonds is 8. The number of amides is 1. The van der Waals surface area contributed by atoms with Crippen LogP contribution in [0.2, 0.25) is 0 Å². The number of carbonyl (C=O) groups excluding carboxylic acids is 1. The Hall–Kier alpha value is -1.90. The first-order valence-electron chi connectivity index (χ1n) is 10.5. The molecule has 0 radical (unpaired) electrons. The lowest BCUT2D eigenvalue weighted by Crippen LogP contribution is -2.36. The number of hydrogen-bond acceptors (Lipinski definition) is 6. The monoisotopic (exact) mass is 415 g/mol. The number of thioether (sulfide) groups is 1. The molecule has 1 N–H and O–H groups in total. The van der Waals surface area contributed by atoms with Crippen LogP contribution in [0.3, 0.4) is 0 Å². The predicted octanol–water partition coefficient (Wildman–Crippen LogP) is 2.64. The molecule has 0 bridgehead atoms. The van der Waals surface area contributed by atoms with Gasteiger partial charge in [0.1, 0.15) is 0 Å². The number of likely N-dealkylation sites (tertiary alicyclic amines) is 1. The van der Waals surface area contributed by atoms with Crippen molar-refractivity contribution in [2.24, 2.45) is 0 Å². The standard InChI is InChI=1S/C21H29N5O2S/c1-16(20(27)22-14-18-10-7-13-28-18)29-21-24-23-19(15-25-11-5-6-12-25)26(21)17-8-3-2-4-9-17/h2-4,8-9,16,18H,5-7,10-15H2,1H3,(H,22,27)/t16-,18-/m1/s1. The lowest BCUT2D eigenvalue weighted by atomic mass is 10.2. The first-order valence-corrected chi connectivity index (χ1v) is 11.4. The largest absolute Gasteiger partial charge is 0.376 e. The van der Waals surface area contributed by atoms with Crippen molar-refractivity contribution < 1.29 is 9.53 Å². The molecule has 2 atom stereocenters. The van der Waals surface area contributed by atoms with E-state index in [1.54, 1.807) is 0 Å². The molecule has 156 valence electrons. The van der Waals surface area contributed by atoms with Gasteiger partial charge in [0, 0.05) is 18.8 Å². The van der Waals surface area contributed by atoms with Gasteiger partial charge in [-0.25, -0.2) is 0 Å². The van der Waals surface area contributed by atoms with Crippen LogP contribution >= 0.6 is 11.8 Å². The van der Waals surface area contributed by atoms with Crippen LogP contribution in [0.4, 0.5) is 0 Å². The molecule has 1 amide bonds. The van der Waals surface area contributed by atoms with E-state index in [9.17, 15) is 4.79 Å². The first kappa shape index (κ1) is 20.4. The molecule has 1 aromatic carbocycles. The third-order valence-corrected chi connectivity index (χ3v) is 6.50. The number of nitrogens with zero attached hydrogens (tertiary/aromatic N) is 4. The Morgan fingerprint density at radius 1 is 1.24 bits per heavy atom. The van der Waals surface area contributed by atoms with E-state index in [1.165, 1.54) is 24.6 Å². The third-order valence-electron chi connectivity index (χ3n) is 5.46. The molecule has 4 rings (SSSR count). The van der Waals surface area contributed by atoms with E-state index in [1.807, 2.05) is 25.1 Å². The quantitative estimate of drug-likeness (QED) is 0.669. The number of nitrogens with one attached hydrogen (secondary N) is 1. The van der Waals surface area contributed by atoms with Crippen molar-refractivity contribution >= 4 is 17.7 Å². The number of carbonyl (C=O) groups is 1. The van der Waals surface area contributed by atoms with Crippen LogP contribution in [0, 0.1) is 0 Å². The van der Waals surface area contributed by atoms with Crippen molar-refractivity contribution in [3.63, 3.8) is 0 Å². The molecule has 0 saturated carbocycles. The molecule has 3 heterocycles. The highest BCUT2D eigenvalue weighted by Crippen LogP contribution is 2.27. The Labute approximate surface area is 176 Å². The van der Waals surface area contributed by atoms with Gasteiger partial charge in [-0.3, -0.25) is 14.3 Å². The van der Waals surface area contributed by atoms with Gasteiger partial charge in [-0.05, 0) is 57.8 Å². The summed E-state index contributed by atoms with van der Waals surface area (Å²) in [6, 6.07) is 10.1. The summed E-state index contributed by atoms with van der Waals surface area (Å²) in [4.78, 5) is 15.0. The Morgan fingerprint density at radius 3 is 2.76 bits per heavy atom. The van der Waals surface area contributed by atoms with Gasteiger partial charge in [0.05, 0.1) is 17.9 Å². The molecule has 0 unspecified atom stereocenters. The van der Waals surface area contributed by atoms with Crippen molar-refractivity contribution in [1.29, 1.82) is 0 Å². The minimum absolute atomic E-state index is 0.00852. The average molecular weight is 416 g/mol. The minimum Gasteiger partial charge on any atom is -0.376 e. The second kappa shape index (κ2) is 9.73. The molecule has 0 spiro atoms. The van der Waals surface area contributed by atoms with Crippen LogP contribution in [-0.2, 0) is 16.1 Å². The van der Waals surface area contributed by atoms with E-state index in [0.29, 0.717) is 6.54 Å². The second-order valence-electron chi connectivity index (χ2n) is 7.69. The molecule has 29 heavy (non-hydrogen) atoms. The third kappa shape index (κ3) is 5.18. The Bertz CT molecular complexity index is 801. The summed E-state index contributed by atoms with van der Waals surface area (Å²) in [5.74, 6) is 0.932. The summed E-state index contributed by atoms with van der Waals surface area (Å²) in [5, 5.41) is 12.4. The summed E-state index contributed by atoms with van der Waals surface area (Å²) in [6.07, 6.45) is 4.72. The highest BCUT2D eigenvalue weighted by Gasteiger charge is 2.24. The van der Waals surface area contributed by atoms with E-state index in [0.717, 1.165) is 55.8 Å². The number of hydrogen-bond donors (Lipinski definition) is 1. The molecule has 7 nitrogen and oxygen atoms in total. The van der Waals surface area contributed by atoms with Crippen molar-refractivity contribution in [3.8, 4) is 5.69 Å². The molecule has 0 aliphatic carbocycles. The molecule has 8 heteroatoms. The van der Waals surface area contributed by atoms with Gasteiger partial charge in [-0.2, -0.15) is 0 Å². The molecule has 2 aliphatic rings. The fraction of sp³-hybridized carbons (Fsp3) is 0.571. The summed E-state index contributed by atoms with van der Waals surface area (Å²) in [5.41, 5.74) is 1.03. The highest BCUT2D eigenvalue weighted by molar-refractivity contribution is 8.00. The number of aromatic nitrogens is 3. The zero-order valence-electron chi connectivity index (χ0n) is 16.9. The molecular formula is C21H29N5O2S. The molecule has 2 fully saturated rings. The molecule has 1 aromatic heterocycles. The summed E-state index contributed by atoms with van der Waals surface area (Å²) >= 11 is 1.45. The molecule has 2 aliphatic heterocycles. The van der Waals surface area contributed by atoms with E-state index in [-0.39, 0.29) is 17.3 Å². The number of benzene rings is 1. The number of ether oxygens (including phenoxy) is 1. The van der Waals surface area contributed by atoms with Crippen LogP contribution < -0.4 is 5.32 Å². The normalized spacial score (nSPS) is 20.8. The molecular weight excluding hydrogens is 386 g/mol. The van der Waals surface area contributed by atoms with Crippen LogP contribution in [0.25, 0.3) is 5.69 Å². The average Bonchev–Trinajstić information content (AvgIpc) is 3.50. The van der Waals surface area contributed by atoms with E-state index in [4.69, 9.17) is 4.74 Å². The zero-order valence-corrected chi connectivity index (χ0v) is 17.7. The van der Waals surface area contributed by atoms with E-state index in [2.05, 4.69) is 37.1 Å². The van der Waals surface area contributed by atoms with Gasteiger partial charge in [-0.15, -0.1) is 10.2 Å². The second-order valence-corrected chi connectivity index (χ2v) is 9.00. The maximum atomic E-state index is 12.6. The first-order chi connectivity index (χ1) is 14.2. The predicted molar refractivity (Wildman–Crippen MR) is 113 cm³/mol. The van der Waals surface area contributed by atoms with Gasteiger partial charge in [0.2, 0.25) is 5.91 Å². The van der Waals surface area contributed by atoms with Crippen molar-refractivity contribution in [3.05, 3.63) is 36.2 Å². The van der Waals surface area contributed by atoms with Crippen LogP contribution in [0.5, 0.6) is 0 Å². The Kier molecular flexibility index (Phi) is 6.84. The van der Waals surface area contributed by atoms with Gasteiger partial charge in [0.15, 0.2) is 11.0 Å². The van der Waals surface area contributed by atoms with E-state index >= 15 is 0 Å². The molecule has 2 aromatic rings. The lowest BCUT2D eigenvalue weighted by Gasteiger charge is -2.17. The summed E-state index contributed by atoms with van der Waals surface area (Å²) in [7, 11) is 0. The maximum Gasteiger partial charge on any atom is 0.233 e. The fourth-order valence-electron chi connectivity index (χ4n) is 3.83. The van der Waals surface area contributed by atoms with Crippen LogP contribution in [0.15, 0.2) is 35.5 Å². The van der Waals surface area contributed by atoms with Gasteiger partial charge in [0.25, 0.3) is 0 Å². The maximum absolute atomic E-state index is 12.6. The van der Waals surface area contributed by atoms with Gasteiger partial charge >= 0.3 is 0 Å². The summed E-state index contributed by atoms with van der Waals surface area (Å²) < 4.78 is 7.68. The SMILES string of the molecule is C[C@@H](Sc1nnc(CN2CCCC2)n1-c1ccccc1)C(=O)NC[C@H]1CCCO1. The van der Waals surface area contributed by atoms with E-state index < -0.39 is 0 Å². The molecule has 2 saturated heterocycles. The topological polar surface area (TPSA) is 72.3 Å². The lowest BCUT2D eigenvalue weighted by molar-refractivity contribution is -0.120. The number of para-hydroxylation sites is 1. The van der Waals surface area contributed by atoms with Gasteiger partial charge < -0.3 is 10.1 Å². The highest BCUT2D eigenvalue weighted by atomic mass is 32.2. The van der Waals surface area contributed by atoms with Gasteiger partial charge in [-0.1, -0.05) is 30.0 Å². The smallest absolute Gasteiger partial charge is 0.233 e. The Balaban J connectivity index is 1.46. The fourth-order valence-corrected chi connectivity index (χ4v) is 4.74.